The zero-order chi connectivity index (χ0) is 19.7. The maximum atomic E-state index is 11.9. The van der Waals surface area contributed by atoms with E-state index in [1.54, 1.807) is 11.8 Å². The lowest BCUT2D eigenvalue weighted by Gasteiger charge is -2.19. The lowest BCUT2D eigenvalue weighted by molar-refractivity contribution is 0.599. The minimum atomic E-state index is -2.95. The predicted octanol–water partition coefficient (Wildman–Crippen LogP) is 3.91. The van der Waals surface area contributed by atoms with Crippen LogP contribution in [0.1, 0.15) is 40.1 Å². The first-order valence-electron chi connectivity index (χ1n) is 9.31. The van der Waals surface area contributed by atoms with E-state index in [-0.39, 0.29) is 22.7 Å². The molecule has 0 unspecified atom stereocenters. The van der Waals surface area contributed by atoms with Gasteiger partial charge in [-0.05, 0) is 30.0 Å². The molecule has 0 N–H and O–H groups in total. The third-order valence-corrected chi connectivity index (χ3v) is 8.36. The van der Waals surface area contributed by atoms with Gasteiger partial charge in [-0.3, -0.25) is 0 Å². The van der Waals surface area contributed by atoms with E-state index in [1.165, 1.54) is 16.7 Å². The van der Waals surface area contributed by atoms with Crippen molar-refractivity contribution < 1.29 is 8.42 Å². The summed E-state index contributed by atoms with van der Waals surface area (Å²) in [7, 11) is -1.02. The average molecular weight is 414 g/mol. The summed E-state index contributed by atoms with van der Waals surface area (Å²) in [6.07, 6.45) is 0.624. The Morgan fingerprint density at radius 1 is 1.07 bits per heavy atom. The Balaban J connectivity index is 1.68. The maximum Gasteiger partial charge on any atom is 0.191 e. The topological polar surface area (TPSA) is 64.8 Å². The van der Waals surface area contributed by atoms with Gasteiger partial charge in [-0.15, -0.1) is 10.2 Å². The molecule has 2 aromatic carbocycles. The summed E-state index contributed by atoms with van der Waals surface area (Å²) in [6, 6.07) is 18.8. The van der Waals surface area contributed by atoms with Crippen molar-refractivity contribution in [1.82, 2.24) is 14.8 Å². The van der Waals surface area contributed by atoms with Crippen molar-refractivity contribution in [3.8, 4) is 0 Å². The Bertz CT molecular complexity index is 1080. The molecule has 4 rings (SSSR count). The minimum Gasteiger partial charge on any atom is -0.309 e. The Labute approximate surface area is 170 Å². The number of hydrogen-bond acceptors (Lipinski definition) is 5. The number of benzene rings is 2. The molecular weight excluding hydrogens is 390 g/mol. The van der Waals surface area contributed by atoms with E-state index in [9.17, 15) is 8.42 Å². The zero-order valence-corrected chi connectivity index (χ0v) is 17.6. The van der Waals surface area contributed by atoms with Gasteiger partial charge < -0.3 is 4.57 Å². The van der Waals surface area contributed by atoms with Crippen LogP contribution >= 0.6 is 11.8 Å². The van der Waals surface area contributed by atoms with E-state index >= 15 is 0 Å². The van der Waals surface area contributed by atoms with Crippen LogP contribution in [0.3, 0.4) is 0 Å². The fraction of sp³-hybridized carbons (Fsp3) is 0.333. The molecule has 1 fully saturated rings. The molecule has 28 heavy (non-hydrogen) atoms. The molecule has 1 aliphatic rings. The molecular formula is C21H23N3O2S2. The lowest BCUT2D eigenvalue weighted by Crippen LogP contribution is -2.09. The van der Waals surface area contributed by atoms with Crippen LogP contribution in [0.15, 0.2) is 59.8 Å². The van der Waals surface area contributed by atoms with E-state index in [1.807, 2.05) is 35.9 Å². The molecule has 0 amide bonds. The van der Waals surface area contributed by atoms with Gasteiger partial charge in [0.1, 0.15) is 5.82 Å². The highest BCUT2D eigenvalue weighted by Crippen LogP contribution is 2.41. The van der Waals surface area contributed by atoms with E-state index in [2.05, 4.69) is 47.5 Å². The molecule has 0 saturated carbocycles. The van der Waals surface area contributed by atoms with Crippen molar-refractivity contribution in [1.29, 1.82) is 0 Å². The van der Waals surface area contributed by atoms with Crippen LogP contribution in [0, 0.1) is 6.92 Å². The first-order chi connectivity index (χ1) is 13.4. The van der Waals surface area contributed by atoms with Gasteiger partial charge in [-0.25, -0.2) is 8.42 Å². The SMILES string of the molecule is Cc1ccccc1[C@H](Sc1nnc([C@H]2CCS(=O)(=O)C2)n1C)c1ccccc1. The Morgan fingerprint density at radius 2 is 1.79 bits per heavy atom. The van der Waals surface area contributed by atoms with E-state index in [0.717, 1.165) is 11.0 Å². The molecule has 1 aromatic heterocycles. The largest absolute Gasteiger partial charge is 0.309 e. The number of nitrogens with zero attached hydrogens (tertiary/aromatic N) is 3. The minimum absolute atomic E-state index is 0.0644. The highest BCUT2D eigenvalue weighted by atomic mass is 32.2. The summed E-state index contributed by atoms with van der Waals surface area (Å²) in [4.78, 5) is 0. The van der Waals surface area contributed by atoms with Gasteiger partial charge in [0.05, 0.1) is 16.8 Å². The summed E-state index contributed by atoms with van der Waals surface area (Å²) >= 11 is 1.66. The van der Waals surface area contributed by atoms with Gasteiger partial charge in [0.25, 0.3) is 0 Å². The first kappa shape index (κ1) is 19.2. The second kappa shape index (κ2) is 7.72. The van der Waals surface area contributed by atoms with Crippen LogP contribution in [-0.2, 0) is 16.9 Å². The predicted molar refractivity (Wildman–Crippen MR) is 112 cm³/mol. The first-order valence-corrected chi connectivity index (χ1v) is 12.0. The number of sulfone groups is 1. The highest BCUT2D eigenvalue weighted by Gasteiger charge is 2.33. The van der Waals surface area contributed by atoms with E-state index in [4.69, 9.17) is 0 Å². The average Bonchev–Trinajstić information content (AvgIpc) is 3.23. The lowest BCUT2D eigenvalue weighted by atomic mass is 10.0. The normalized spacial score (nSPS) is 19.6. The van der Waals surface area contributed by atoms with Crippen LogP contribution < -0.4 is 0 Å². The molecule has 5 nitrogen and oxygen atoms in total. The second-order valence-electron chi connectivity index (χ2n) is 7.26. The monoisotopic (exact) mass is 413 g/mol. The van der Waals surface area contributed by atoms with Crippen molar-refractivity contribution in [3.63, 3.8) is 0 Å². The summed E-state index contributed by atoms with van der Waals surface area (Å²) in [5.41, 5.74) is 3.68. The summed E-state index contributed by atoms with van der Waals surface area (Å²) < 4.78 is 25.7. The van der Waals surface area contributed by atoms with Gasteiger partial charge in [-0.1, -0.05) is 66.4 Å². The highest BCUT2D eigenvalue weighted by molar-refractivity contribution is 7.99. The second-order valence-corrected chi connectivity index (χ2v) is 10.6. The van der Waals surface area contributed by atoms with Gasteiger partial charge in [0.2, 0.25) is 0 Å². The fourth-order valence-electron chi connectivity index (χ4n) is 3.71. The van der Waals surface area contributed by atoms with E-state index < -0.39 is 9.84 Å². The maximum absolute atomic E-state index is 11.9. The number of aryl methyl sites for hydroxylation is 1. The van der Waals surface area contributed by atoms with Crippen LogP contribution in [0.4, 0.5) is 0 Å². The summed E-state index contributed by atoms with van der Waals surface area (Å²) in [5.74, 6) is 1.11. The molecule has 2 heterocycles. The van der Waals surface area contributed by atoms with Crippen molar-refractivity contribution in [2.45, 2.75) is 29.7 Å². The molecule has 7 heteroatoms. The zero-order valence-electron chi connectivity index (χ0n) is 15.9. The van der Waals surface area contributed by atoms with Gasteiger partial charge in [0, 0.05) is 13.0 Å². The number of thioether (sulfide) groups is 1. The summed E-state index contributed by atoms with van der Waals surface area (Å²) in [6.45, 7) is 2.12. The molecule has 1 saturated heterocycles. The molecule has 146 valence electrons. The molecule has 0 spiro atoms. The quantitative estimate of drug-likeness (QED) is 0.594. The molecule has 0 aliphatic carbocycles. The molecule has 0 radical (unpaired) electrons. The Hall–Kier alpha value is -2.12. The van der Waals surface area contributed by atoms with Crippen molar-refractivity contribution in [2.75, 3.05) is 11.5 Å². The Kier molecular flexibility index (Phi) is 5.29. The molecule has 2 atom stereocenters. The van der Waals surface area contributed by atoms with Crippen LogP contribution in [0.2, 0.25) is 0 Å². The smallest absolute Gasteiger partial charge is 0.191 e. The van der Waals surface area contributed by atoms with Crippen molar-refractivity contribution >= 4 is 21.6 Å². The summed E-state index contributed by atoms with van der Waals surface area (Å²) in [5, 5.41) is 9.65. The van der Waals surface area contributed by atoms with Crippen LogP contribution in [0.5, 0.6) is 0 Å². The molecule has 1 aliphatic heterocycles. The van der Waals surface area contributed by atoms with Crippen molar-refractivity contribution in [2.24, 2.45) is 7.05 Å². The molecule has 3 aromatic rings. The fourth-order valence-corrected chi connectivity index (χ4v) is 6.68. The van der Waals surface area contributed by atoms with Gasteiger partial charge >= 0.3 is 0 Å². The van der Waals surface area contributed by atoms with Gasteiger partial charge in [0.15, 0.2) is 15.0 Å². The number of hydrogen-bond donors (Lipinski definition) is 0. The third kappa shape index (κ3) is 3.86. The third-order valence-electron chi connectivity index (χ3n) is 5.26. The molecule has 0 bridgehead atoms. The van der Waals surface area contributed by atoms with Crippen LogP contribution in [-0.4, -0.2) is 34.7 Å². The van der Waals surface area contributed by atoms with Gasteiger partial charge in [-0.2, -0.15) is 0 Å². The van der Waals surface area contributed by atoms with Crippen molar-refractivity contribution in [3.05, 3.63) is 77.1 Å². The number of rotatable bonds is 5. The Morgan fingerprint density at radius 3 is 2.46 bits per heavy atom. The van der Waals surface area contributed by atoms with Crippen LogP contribution in [0.25, 0.3) is 0 Å². The van der Waals surface area contributed by atoms with E-state index in [0.29, 0.717) is 6.42 Å². The number of aromatic nitrogens is 3. The standard InChI is InChI=1S/C21H23N3O2S2/c1-15-8-6-7-11-18(15)19(16-9-4-3-5-10-16)27-21-23-22-20(24(21)2)17-12-13-28(25,26)14-17/h3-11,17,19H,12-14H2,1-2H3/t17-,19+/m0/s1.